The van der Waals surface area contributed by atoms with Crippen molar-refractivity contribution in [3.05, 3.63) is 0 Å². The van der Waals surface area contributed by atoms with Gasteiger partial charge in [-0.3, -0.25) is 14.4 Å². The van der Waals surface area contributed by atoms with Crippen LogP contribution >= 0.6 is 0 Å². The van der Waals surface area contributed by atoms with Crippen LogP contribution in [0.2, 0.25) is 0 Å². The summed E-state index contributed by atoms with van der Waals surface area (Å²) in [6, 6.07) is 0. The third kappa shape index (κ3) is 11.2. The molecule has 0 spiro atoms. The lowest BCUT2D eigenvalue weighted by atomic mass is 9.84. The second kappa shape index (κ2) is 8.50. The van der Waals surface area contributed by atoms with Gasteiger partial charge in [-0.1, -0.05) is 13.8 Å². The van der Waals surface area contributed by atoms with Crippen LogP contribution in [0.4, 0.5) is 0 Å². The zero-order valence-electron chi connectivity index (χ0n) is 11.9. The average molecular weight is 272 g/mol. The molecule has 6 heteroatoms. The van der Waals surface area contributed by atoms with Crippen molar-refractivity contribution in [2.45, 2.75) is 46.5 Å². The maximum Gasteiger partial charge on any atom is 0.303 e. The van der Waals surface area contributed by atoms with Crippen molar-refractivity contribution in [1.29, 1.82) is 0 Å². The van der Waals surface area contributed by atoms with Crippen LogP contribution in [-0.2, 0) is 14.4 Å². The maximum absolute atomic E-state index is 11.4. The number of carboxylic acid groups (broad SMARTS) is 1. The second-order valence-corrected chi connectivity index (χ2v) is 5.39. The molecule has 0 heterocycles. The normalized spacial score (nSPS) is 10.9. The lowest BCUT2D eigenvalue weighted by Crippen LogP contribution is -2.31. The lowest BCUT2D eigenvalue weighted by Gasteiger charge is -2.23. The Kier molecular flexibility index (Phi) is 7.79. The molecule has 0 aliphatic rings. The highest BCUT2D eigenvalue weighted by Crippen LogP contribution is 2.25. The van der Waals surface area contributed by atoms with Gasteiger partial charge in [0.15, 0.2) is 0 Å². The molecule has 0 saturated heterocycles. The molecule has 0 aliphatic carbocycles. The number of amides is 2. The molecule has 0 bridgehead atoms. The van der Waals surface area contributed by atoms with Gasteiger partial charge in [0.05, 0.1) is 0 Å². The fourth-order valence-electron chi connectivity index (χ4n) is 1.55. The minimum atomic E-state index is -0.799. The summed E-state index contributed by atoms with van der Waals surface area (Å²) in [7, 11) is 0. The molecular formula is C13H24N2O4. The average Bonchev–Trinajstić information content (AvgIpc) is 2.26. The van der Waals surface area contributed by atoms with Gasteiger partial charge in [-0.05, 0) is 18.3 Å². The number of carbonyl (C=O) groups excluding carboxylic acids is 2. The summed E-state index contributed by atoms with van der Waals surface area (Å²) in [4.78, 5) is 32.5. The molecule has 0 aromatic carbocycles. The molecule has 0 atom stereocenters. The van der Waals surface area contributed by atoms with Crippen molar-refractivity contribution < 1.29 is 19.5 Å². The molecule has 3 N–H and O–H groups in total. The highest BCUT2D eigenvalue weighted by molar-refractivity contribution is 5.77. The van der Waals surface area contributed by atoms with Crippen molar-refractivity contribution in [3.8, 4) is 0 Å². The van der Waals surface area contributed by atoms with Crippen LogP contribution in [0, 0.1) is 5.41 Å². The van der Waals surface area contributed by atoms with Gasteiger partial charge in [-0.25, -0.2) is 0 Å². The van der Waals surface area contributed by atoms with Crippen molar-refractivity contribution in [3.63, 3.8) is 0 Å². The number of carboxylic acids is 1. The summed E-state index contributed by atoms with van der Waals surface area (Å²) in [5, 5.41) is 13.9. The van der Waals surface area contributed by atoms with Gasteiger partial charge in [0.1, 0.15) is 0 Å². The number of carbonyl (C=O) groups is 3. The van der Waals surface area contributed by atoms with Crippen LogP contribution in [-0.4, -0.2) is 36.0 Å². The number of hydrogen-bond acceptors (Lipinski definition) is 3. The standard InChI is InChI=1S/C13H24N2O4/c1-10(16)14-8-5-11(17)15-9-7-13(2,3)6-4-12(18)19/h4-9H2,1-3H3,(H,14,16)(H,15,17)(H,18,19). The van der Waals surface area contributed by atoms with E-state index in [0.29, 0.717) is 19.5 Å². The molecule has 6 nitrogen and oxygen atoms in total. The van der Waals surface area contributed by atoms with Crippen LogP contribution in [0.1, 0.15) is 46.5 Å². The van der Waals surface area contributed by atoms with Gasteiger partial charge in [0.2, 0.25) is 11.8 Å². The summed E-state index contributed by atoms with van der Waals surface area (Å²) in [6.45, 7) is 6.23. The molecule has 0 saturated carbocycles. The van der Waals surface area contributed by atoms with Crippen LogP contribution in [0.15, 0.2) is 0 Å². The third-order valence-electron chi connectivity index (χ3n) is 2.87. The number of nitrogens with one attached hydrogen (secondary N) is 2. The van der Waals surface area contributed by atoms with Gasteiger partial charge >= 0.3 is 5.97 Å². The van der Waals surface area contributed by atoms with Gasteiger partial charge in [-0.2, -0.15) is 0 Å². The first-order chi connectivity index (χ1) is 8.73. The molecule has 0 unspecified atom stereocenters. The molecular weight excluding hydrogens is 248 g/mol. The van der Waals surface area contributed by atoms with E-state index in [0.717, 1.165) is 6.42 Å². The summed E-state index contributed by atoms with van der Waals surface area (Å²) >= 11 is 0. The van der Waals surface area contributed by atoms with E-state index in [-0.39, 0.29) is 30.1 Å². The van der Waals surface area contributed by atoms with E-state index >= 15 is 0 Å². The first-order valence-electron chi connectivity index (χ1n) is 6.46. The summed E-state index contributed by atoms with van der Waals surface area (Å²) in [5.74, 6) is -1.06. The zero-order chi connectivity index (χ0) is 14.9. The van der Waals surface area contributed by atoms with Crippen molar-refractivity contribution in [2.75, 3.05) is 13.1 Å². The number of rotatable bonds is 9. The van der Waals surface area contributed by atoms with Gasteiger partial charge in [0.25, 0.3) is 0 Å². The van der Waals surface area contributed by atoms with Crippen LogP contribution in [0.5, 0.6) is 0 Å². The Balaban J connectivity index is 3.73. The Morgan fingerprint density at radius 3 is 2.16 bits per heavy atom. The van der Waals surface area contributed by atoms with Gasteiger partial charge in [0, 0.05) is 32.9 Å². The van der Waals surface area contributed by atoms with E-state index in [4.69, 9.17) is 5.11 Å². The molecule has 0 rings (SSSR count). The number of hydrogen-bond donors (Lipinski definition) is 3. The van der Waals surface area contributed by atoms with Crippen LogP contribution in [0.3, 0.4) is 0 Å². The first kappa shape index (κ1) is 17.4. The molecule has 0 radical (unpaired) electrons. The molecule has 2 amide bonds. The Bertz CT molecular complexity index is 327. The molecule has 0 aliphatic heterocycles. The van der Waals surface area contributed by atoms with Crippen molar-refractivity contribution >= 4 is 17.8 Å². The minimum absolute atomic E-state index is 0.108. The van der Waals surface area contributed by atoms with E-state index in [1.807, 2.05) is 13.8 Å². The van der Waals surface area contributed by atoms with E-state index in [9.17, 15) is 14.4 Å². The lowest BCUT2D eigenvalue weighted by molar-refractivity contribution is -0.137. The van der Waals surface area contributed by atoms with Gasteiger partial charge in [-0.15, -0.1) is 0 Å². The first-order valence-corrected chi connectivity index (χ1v) is 6.46. The molecule has 110 valence electrons. The van der Waals surface area contributed by atoms with Crippen LogP contribution in [0.25, 0.3) is 0 Å². The quantitative estimate of drug-likeness (QED) is 0.581. The maximum atomic E-state index is 11.4. The number of aliphatic carboxylic acids is 1. The monoisotopic (exact) mass is 272 g/mol. The predicted octanol–water partition coefficient (Wildman–Crippen LogP) is 0.910. The summed E-state index contributed by atoms with van der Waals surface area (Å²) in [5.41, 5.74) is -0.108. The van der Waals surface area contributed by atoms with Crippen molar-refractivity contribution in [2.24, 2.45) is 5.41 Å². The largest absolute Gasteiger partial charge is 0.481 e. The molecule has 0 aromatic heterocycles. The minimum Gasteiger partial charge on any atom is -0.481 e. The van der Waals surface area contributed by atoms with Gasteiger partial charge < -0.3 is 15.7 Å². The van der Waals surface area contributed by atoms with E-state index in [1.54, 1.807) is 0 Å². The molecule has 0 fully saturated rings. The van der Waals surface area contributed by atoms with Crippen LogP contribution < -0.4 is 10.6 Å². The zero-order valence-corrected chi connectivity index (χ0v) is 11.9. The summed E-state index contributed by atoms with van der Waals surface area (Å²) in [6.07, 6.45) is 1.72. The third-order valence-corrected chi connectivity index (χ3v) is 2.87. The topological polar surface area (TPSA) is 95.5 Å². The van der Waals surface area contributed by atoms with E-state index < -0.39 is 5.97 Å². The fourth-order valence-corrected chi connectivity index (χ4v) is 1.55. The fraction of sp³-hybridized carbons (Fsp3) is 0.769. The second-order valence-electron chi connectivity index (χ2n) is 5.39. The highest BCUT2D eigenvalue weighted by atomic mass is 16.4. The van der Waals surface area contributed by atoms with E-state index in [2.05, 4.69) is 10.6 Å². The Morgan fingerprint density at radius 2 is 1.63 bits per heavy atom. The highest BCUT2D eigenvalue weighted by Gasteiger charge is 2.19. The SMILES string of the molecule is CC(=O)NCCC(=O)NCCC(C)(C)CCC(=O)O. The summed E-state index contributed by atoms with van der Waals surface area (Å²) < 4.78 is 0. The predicted molar refractivity (Wildman–Crippen MR) is 71.6 cm³/mol. The van der Waals surface area contributed by atoms with E-state index in [1.165, 1.54) is 6.92 Å². The molecule has 19 heavy (non-hydrogen) atoms. The Labute approximate surface area is 113 Å². The van der Waals surface area contributed by atoms with Crippen molar-refractivity contribution in [1.82, 2.24) is 10.6 Å². The molecule has 0 aromatic rings. The Hall–Kier alpha value is -1.59. The Morgan fingerprint density at radius 1 is 1.00 bits per heavy atom. The smallest absolute Gasteiger partial charge is 0.303 e.